The van der Waals surface area contributed by atoms with Crippen LogP contribution in [0.3, 0.4) is 0 Å². The fourth-order valence-electron chi connectivity index (χ4n) is 2.05. The number of halogens is 3. The molecule has 0 amide bonds. The van der Waals surface area contributed by atoms with E-state index in [9.17, 15) is 13.2 Å². The molecule has 19 heavy (non-hydrogen) atoms. The van der Waals surface area contributed by atoms with Crippen LogP contribution in [0.2, 0.25) is 0 Å². The third-order valence-electron chi connectivity index (χ3n) is 2.94. The summed E-state index contributed by atoms with van der Waals surface area (Å²) in [6.07, 6.45) is -4.11. The normalized spacial score (nSPS) is 18.0. The molecule has 1 saturated heterocycles. The highest BCUT2D eigenvalue weighted by atomic mass is 32.1. The highest BCUT2D eigenvalue weighted by Crippen LogP contribution is 2.23. The molecular weight excluding hydrogens is 277 g/mol. The minimum atomic E-state index is -4.11. The molecule has 1 aromatic heterocycles. The zero-order chi connectivity index (χ0) is 13.9. The zero-order valence-corrected chi connectivity index (χ0v) is 11.5. The first-order valence-electron chi connectivity index (χ1n) is 6.11. The van der Waals surface area contributed by atoms with E-state index < -0.39 is 12.7 Å². The molecule has 4 nitrogen and oxygen atoms in total. The Morgan fingerprint density at radius 3 is 2.58 bits per heavy atom. The first kappa shape index (κ1) is 14.5. The van der Waals surface area contributed by atoms with Crippen LogP contribution in [-0.2, 0) is 6.54 Å². The second-order valence-electron chi connectivity index (χ2n) is 4.53. The van der Waals surface area contributed by atoms with Gasteiger partial charge in [0.25, 0.3) is 0 Å². The van der Waals surface area contributed by atoms with E-state index in [1.165, 1.54) is 4.90 Å². The van der Waals surface area contributed by atoms with Gasteiger partial charge in [0.1, 0.15) is 0 Å². The van der Waals surface area contributed by atoms with Crippen LogP contribution in [0.15, 0.2) is 5.38 Å². The largest absolute Gasteiger partial charge is 0.401 e. The smallest absolute Gasteiger partial charge is 0.346 e. The van der Waals surface area contributed by atoms with Gasteiger partial charge in [0.05, 0.1) is 12.2 Å². The SMILES string of the molecule is CNCc1csc(N2CCN(CC(F)(F)F)CC2)n1. The standard InChI is InChI=1S/C11H17F3N4S/c1-15-6-9-7-19-10(16-9)18-4-2-17(3-5-18)8-11(12,13)14/h7,15H,2-6,8H2,1H3. The number of anilines is 1. The molecule has 1 N–H and O–H groups in total. The molecule has 0 saturated carbocycles. The summed E-state index contributed by atoms with van der Waals surface area (Å²) in [5.74, 6) is 0. The first-order chi connectivity index (χ1) is 8.98. The van der Waals surface area contributed by atoms with Gasteiger partial charge in [-0.1, -0.05) is 0 Å². The van der Waals surface area contributed by atoms with Crippen LogP contribution in [0.5, 0.6) is 0 Å². The molecule has 0 radical (unpaired) electrons. The second-order valence-corrected chi connectivity index (χ2v) is 5.37. The van der Waals surface area contributed by atoms with Gasteiger partial charge in [-0.3, -0.25) is 4.90 Å². The van der Waals surface area contributed by atoms with E-state index in [0.29, 0.717) is 32.7 Å². The van der Waals surface area contributed by atoms with Crippen LogP contribution in [-0.4, -0.2) is 55.8 Å². The summed E-state index contributed by atoms with van der Waals surface area (Å²) in [5, 5.41) is 5.91. The number of nitrogens with one attached hydrogen (secondary N) is 1. The van der Waals surface area contributed by atoms with Crippen molar-refractivity contribution in [2.24, 2.45) is 0 Å². The summed E-state index contributed by atoms with van der Waals surface area (Å²) >= 11 is 1.54. The van der Waals surface area contributed by atoms with Crippen molar-refractivity contribution in [2.75, 3.05) is 44.7 Å². The lowest BCUT2D eigenvalue weighted by molar-refractivity contribution is -0.146. The van der Waals surface area contributed by atoms with E-state index >= 15 is 0 Å². The van der Waals surface area contributed by atoms with E-state index in [0.717, 1.165) is 10.8 Å². The van der Waals surface area contributed by atoms with E-state index in [1.54, 1.807) is 11.3 Å². The molecule has 8 heteroatoms. The van der Waals surface area contributed by atoms with Crippen molar-refractivity contribution >= 4 is 16.5 Å². The van der Waals surface area contributed by atoms with Crippen LogP contribution in [0, 0.1) is 0 Å². The summed E-state index contributed by atoms with van der Waals surface area (Å²) < 4.78 is 36.8. The monoisotopic (exact) mass is 294 g/mol. The molecule has 0 bridgehead atoms. The quantitative estimate of drug-likeness (QED) is 0.913. The molecule has 1 aliphatic heterocycles. The molecule has 0 unspecified atom stereocenters. The summed E-state index contributed by atoms with van der Waals surface area (Å²) in [6.45, 7) is 1.96. The van der Waals surface area contributed by atoms with Crippen LogP contribution in [0.25, 0.3) is 0 Å². The summed E-state index contributed by atoms with van der Waals surface area (Å²) in [4.78, 5) is 7.96. The van der Waals surface area contributed by atoms with Crippen LogP contribution < -0.4 is 10.2 Å². The van der Waals surface area contributed by atoms with Crippen molar-refractivity contribution in [3.05, 3.63) is 11.1 Å². The van der Waals surface area contributed by atoms with Crippen molar-refractivity contribution in [3.63, 3.8) is 0 Å². The minimum absolute atomic E-state index is 0.431. The Hall–Kier alpha value is -0.860. The number of aromatic nitrogens is 1. The zero-order valence-electron chi connectivity index (χ0n) is 10.7. The molecular formula is C11H17F3N4S. The Balaban J connectivity index is 1.85. The van der Waals surface area contributed by atoms with Gasteiger partial charge >= 0.3 is 6.18 Å². The van der Waals surface area contributed by atoms with Gasteiger partial charge in [0.2, 0.25) is 0 Å². The molecule has 2 rings (SSSR count). The Bertz CT molecular complexity index is 399. The fourth-order valence-corrected chi connectivity index (χ4v) is 2.93. The van der Waals surface area contributed by atoms with Gasteiger partial charge in [0.15, 0.2) is 5.13 Å². The maximum absolute atomic E-state index is 12.3. The van der Waals surface area contributed by atoms with Gasteiger partial charge < -0.3 is 10.2 Å². The Morgan fingerprint density at radius 1 is 1.32 bits per heavy atom. The Morgan fingerprint density at radius 2 is 2.00 bits per heavy atom. The second kappa shape index (κ2) is 6.06. The van der Waals surface area contributed by atoms with Crippen molar-refractivity contribution in [3.8, 4) is 0 Å². The highest BCUT2D eigenvalue weighted by Gasteiger charge is 2.32. The lowest BCUT2D eigenvalue weighted by Crippen LogP contribution is -2.49. The van der Waals surface area contributed by atoms with Crippen molar-refractivity contribution in [1.29, 1.82) is 0 Å². The number of hydrogen-bond donors (Lipinski definition) is 1. The number of nitrogens with zero attached hydrogens (tertiary/aromatic N) is 3. The number of rotatable bonds is 4. The lowest BCUT2D eigenvalue weighted by atomic mass is 10.3. The molecule has 0 atom stereocenters. The van der Waals surface area contributed by atoms with Gasteiger partial charge in [-0.05, 0) is 7.05 Å². The van der Waals surface area contributed by atoms with Crippen molar-refractivity contribution in [1.82, 2.24) is 15.2 Å². The Kier molecular flexibility index (Phi) is 4.64. The van der Waals surface area contributed by atoms with Gasteiger partial charge in [0, 0.05) is 38.1 Å². The third-order valence-corrected chi connectivity index (χ3v) is 3.89. The highest BCUT2D eigenvalue weighted by molar-refractivity contribution is 7.13. The molecule has 0 spiro atoms. The molecule has 1 aromatic rings. The van der Waals surface area contributed by atoms with E-state index in [-0.39, 0.29) is 0 Å². The third kappa shape index (κ3) is 4.32. The van der Waals surface area contributed by atoms with E-state index in [2.05, 4.69) is 15.2 Å². The number of alkyl halides is 3. The first-order valence-corrected chi connectivity index (χ1v) is 6.99. The van der Waals surface area contributed by atoms with Crippen LogP contribution in [0.4, 0.5) is 18.3 Å². The molecule has 108 valence electrons. The summed E-state index contributed by atoms with van der Waals surface area (Å²) in [5.41, 5.74) is 0.972. The van der Waals surface area contributed by atoms with Gasteiger partial charge in [-0.25, -0.2) is 4.98 Å². The van der Waals surface area contributed by atoms with Crippen LogP contribution in [0.1, 0.15) is 5.69 Å². The van der Waals surface area contributed by atoms with Crippen molar-refractivity contribution < 1.29 is 13.2 Å². The van der Waals surface area contributed by atoms with Gasteiger partial charge in [-0.2, -0.15) is 13.2 Å². The van der Waals surface area contributed by atoms with Gasteiger partial charge in [-0.15, -0.1) is 11.3 Å². The fraction of sp³-hybridized carbons (Fsp3) is 0.727. The Labute approximate surface area is 114 Å². The lowest BCUT2D eigenvalue weighted by Gasteiger charge is -2.34. The number of thiazole rings is 1. The number of piperazine rings is 1. The topological polar surface area (TPSA) is 31.4 Å². The average molecular weight is 294 g/mol. The summed E-state index contributed by atoms with van der Waals surface area (Å²) in [6, 6.07) is 0. The minimum Gasteiger partial charge on any atom is -0.346 e. The number of hydrogen-bond acceptors (Lipinski definition) is 5. The van der Waals surface area contributed by atoms with Crippen LogP contribution >= 0.6 is 11.3 Å². The molecule has 1 aliphatic rings. The molecule has 1 fully saturated rings. The predicted molar refractivity (Wildman–Crippen MR) is 69.6 cm³/mol. The molecule has 0 aromatic carbocycles. The molecule has 2 heterocycles. The maximum atomic E-state index is 12.3. The average Bonchev–Trinajstić information content (AvgIpc) is 2.77. The van der Waals surface area contributed by atoms with E-state index in [1.807, 2.05) is 12.4 Å². The predicted octanol–water partition coefficient (Wildman–Crippen LogP) is 1.55. The molecule has 0 aliphatic carbocycles. The maximum Gasteiger partial charge on any atom is 0.401 e. The van der Waals surface area contributed by atoms with E-state index in [4.69, 9.17) is 0 Å². The van der Waals surface area contributed by atoms with Crippen molar-refractivity contribution in [2.45, 2.75) is 12.7 Å². The summed E-state index contributed by atoms with van der Waals surface area (Å²) in [7, 11) is 1.86.